The molecule has 0 radical (unpaired) electrons. The molecule has 0 unspecified atom stereocenters. The van der Waals surface area contributed by atoms with E-state index in [1.165, 1.54) is 18.9 Å². The Morgan fingerprint density at radius 2 is 2.22 bits per heavy atom. The number of likely N-dealkylation sites (tertiary alicyclic amines) is 1. The van der Waals surface area contributed by atoms with Gasteiger partial charge in [0.1, 0.15) is 6.33 Å². The van der Waals surface area contributed by atoms with Crippen LogP contribution in [-0.2, 0) is 17.9 Å². The largest absolute Gasteiger partial charge is 0.351 e. The molecule has 1 amide bonds. The summed E-state index contributed by atoms with van der Waals surface area (Å²) in [5, 5.41) is 2.80. The lowest BCUT2D eigenvalue weighted by Gasteiger charge is -2.25. The van der Waals surface area contributed by atoms with Gasteiger partial charge in [0.2, 0.25) is 5.91 Å². The highest BCUT2D eigenvalue weighted by Crippen LogP contribution is 2.33. The summed E-state index contributed by atoms with van der Waals surface area (Å²) in [6, 6.07) is 4.55. The Labute approximate surface area is 136 Å². The van der Waals surface area contributed by atoms with E-state index in [2.05, 4.69) is 37.3 Å². The number of hydrogen-bond acceptors (Lipinski definition) is 5. The van der Waals surface area contributed by atoms with E-state index in [-0.39, 0.29) is 5.91 Å². The van der Waals surface area contributed by atoms with Crippen molar-refractivity contribution in [3.8, 4) is 0 Å². The number of aromatic nitrogens is 3. The first-order valence-electron chi connectivity index (χ1n) is 7.89. The zero-order chi connectivity index (χ0) is 16.1. The molecule has 6 heteroatoms. The van der Waals surface area contributed by atoms with Crippen molar-refractivity contribution in [2.45, 2.75) is 38.9 Å². The van der Waals surface area contributed by atoms with Gasteiger partial charge in [0.25, 0.3) is 0 Å². The first-order valence-corrected chi connectivity index (χ1v) is 7.89. The SMILES string of the molecule is CC(=O)NCc1cc([C@@H]2CCCN2Cc2cncnc2)ccn1. The van der Waals surface area contributed by atoms with Crippen molar-refractivity contribution in [1.29, 1.82) is 0 Å². The molecule has 0 bridgehead atoms. The summed E-state index contributed by atoms with van der Waals surface area (Å²) >= 11 is 0. The molecule has 3 rings (SSSR count). The number of carbonyl (C=O) groups excluding carboxylic acids is 1. The smallest absolute Gasteiger partial charge is 0.217 e. The molecule has 120 valence electrons. The van der Waals surface area contributed by atoms with Crippen LogP contribution in [0.3, 0.4) is 0 Å². The lowest BCUT2D eigenvalue weighted by molar-refractivity contribution is -0.119. The number of carbonyl (C=O) groups is 1. The Morgan fingerprint density at radius 3 is 3.00 bits per heavy atom. The van der Waals surface area contributed by atoms with Crippen molar-refractivity contribution in [2.24, 2.45) is 0 Å². The van der Waals surface area contributed by atoms with E-state index in [1.807, 2.05) is 18.6 Å². The van der Waals surface area contributed by atoms with Gasteiger partial charge in [0, 0.05) is 43.7 Å². The maximum absolute atomic E-state index is 11.1. The fourth-order valence-corrected chi connectivity index (χ4v) is 3.05. The number of pyridine rings is 1. The van der Waals surface area contributed by atoms with E-state index in [9.17, 15) is 4.79 Å². The fourth-order valence-electron chi connectivity index (χ4n) is 3.05. The molecule has 23 heavy (non-hydrogen) atoms. The van der Waals surface area contributed by atoms with Gasteiger partial charge >= 0.3 is 0 Å². The summed E-state index contributed by atoms with van der Waals surface area (Å²) in [5.41, 5.74) is 3.29. The van der Waals surface area contributed by atoms with Crippen LogP contribution in [0.1, 0.15) is 42.6 Å². The van der Waals surface area contributed by atoms with Crippen LogP contribution in [0.2, 0.25) is 0 Å². The Balaban J connectivity index is 1.72. The third kappa shape index (κ3) is 4.10. The number of nitrogens with one attached hydrogen (secondary N) is 1. The summed E-state index contributed by atoms with van der Waals surface area (Å²) in [7, 11) is 0. The lowest BCUT2D eigenvalue weighted by Crippen LogP contribution is -2.23. The normalized spacial score (nSPS) is 18.0. The third-order valence-electron chi connectivity index (χ3n) is 4.11. The average Bonchev–Trinajstić information content (AvgIpc) is 3.02. The van der Waals surface area contributed by atoms with Crippen LogP contribution in [0.15, 0.2) is 37.1 Å². The zero-order valence-electron chi connectivity index (χ0n) is 13.3. The van der Waals surface area contributed by atoms with Gasteiger partial charge < -0.3 is 5.32 Å². The van der Waals surface area contributed by atoms with E-state index >= 15 is 0 Å². The van der Waals surface area contributed by atoms with E-state index in [0.29, 0.717) is 12.6 Å². The summed E-state index contributed by atoms with van der Waals surface area (Å²) < 4.78 is 0. The summed E-state index contributed by atoms with van der Waals surface area (Å²) in [6.07, 6.45) is 9.45. The second-order valence-corrected chi connectivity index (χ2v) is 5.87. The molecule has 1 saturated heterocycles. The van der Waals surface area contributed by atoms with Crippen molar-refractivity contribution in [3.63, 3.8) is 0 Å². The molecule has 1 atom stereocenters. The highest BCUT2D eigenvalue weighted by atomic mass is 16.1. The Morgan fingerprint density at radius 1 is 1.39 bits per heavy atom. The Hall–Kier alpha value is -2.34. The van der Waals surface area contributed by atoms with E-state index in [0.717, 1.165) is 30.8 Å². The minimum atomic E-state index is -0.0382. The first-order chi connectivity index (χ1) is 11.2. The maximum Gasteiger partial charge on any atom is 0.217 e. The van der Waals surface area contributed by atoms with Gasteiger partial charge in [-0.3, -0.25) is 14.7 Å². The standard InChI is InChI=1S/C17H21N5O/c1-13(23)21-10-16-7-15(4-5-20-16)17-3-2-6-22(17)11-14-8-18-12-19-9-14/h4-5,7-9,12,17H,2-3,6,10-11H2,1H3,(H,21,23)/t17-/m0/s1. The summed E-state index contributed by atoms with van der Waals surface area (Å²) in [6.45, 7) is 3.92. The Kier molecular flexibility index (Phi) is 4.92. The van der Waals surface area contributed by atoms with E-state index in [1.54, 1.807) is 6.33 Å². The van der Waals surface area contributed by atoms with Crippen LogP contribution >= 0.6 is 0 Å². The van der Waals surface area contributed by atoms with E-state index in [4.69, 9.17) is 0 Å². The van der Waals surface area contributed by atoms with Crippen molar-refractivity contribution in [3.05, 3.63) is 53.9 Å². The van der Waals surface area contributed by atoms with Crippen molar-refractivity contribution in [1.82, 2.24) is 25.2 Å². The van der Waals surface area contributed by atoms with Gasteiger partial charge in [-0.25, -0.2) is 9.97 Å². The molecule has 0 saturated carbocycles. The number of nitrogens with zero attached hydrogens (tertiary/aromatic N) is 4. The van der Waals surface area contributed by atoms with Gasteiger partial charge in [0.05, 0.1) is 12.2 Å². The van der Waals surface area contributed by atoms with Gasteiger partial charge in [0.15, 0.2) is 0 Å². The van der Waals surface area contributed by atoms with Crippen LogP contribution in [0.4, 0.5) is 0 Å². The van der Waals surface area contributed by atoms with E-state index < -0.39 is 0 Å². The molecule has 3 heterocycles. The predicted octanol–water partition coefficient (Wildman–Crippen LogP) is 1.84. The van der Waals surface area contributed by atoms with Crippen LogP contribution in [-0.4, -0.2) is 32.3 Å². The second-order valence-electron chi connectivity index (χ2n) is 5.87. The molecule has 0 aliphatic carbocycles. The topological polar surface area (TPSA) is 71.0 Å². The molecule has 0 spiro atoms. The van der Waals surface area contributed by atoms with Gasteiger partial charge in [-0.05, 0) is 37.1 Å². The quantitative estimate of drug-likeness (QED) is 0.912. The third-order valence-corrected chi connectivity index (χ3v) is 4.11. The molecular formula is C17H21N5O. The molecule has 1 N–H and O–H groups in total. The highest BCUT2D eigenvalue weighted by molar-refractivity contribution is 5.72. The number of rotatable bonds is 5. The van der Waals surface area contributed by atoms with Crippen LogP contribution < -0.4 is 5.32 Å². The molecule has 1 aliphatic rings. The van der Waals surface area contributed by atoms with Gasteiger partial charge in [-0.2, -0.15) is 0 Å². The summed E-state index contributed by atoms with van der Waals surface area (Å²) in [5.74, 6) is -0.0382. The Bertz CT molecular complexity index is 661. The van der Waals surface area contributed by atoms with Crippen LogP contribution in [0.25, 0.3) is 0 Å². The number of amides is 1. The zero-order valence-corrected chi connectivity index (χ0v) is 13.3. The van der Waals surface area contributed by atoms with Crippen molar-refractivity contribution < 1.29 is 4.79 Å². The molecular weight excluding hydrogens is 290 g/mol. The molecule has 0 aromatic carbocycles. The molecule has 1 aliphatic heterocycles. The molecule has 2 aromatic heterocycles. The predicted molar refractivity (Wildman–Crippen MR) is 86.2 cm³/mol. The minimum Gasteiger partial charge on any atom is -0.351 e. The first kappa shape index (κ1) is 15.6. The van der Waals surface area contributed by atoms with Crippen LogP contribution in [0, 0.1) is 0 Å². The second kappa shape index (κ2) is 7.28. The maximum atomic E-state index is 11.1. The highest BCUT2D eigenvalue weighted by Gasteiger charge is 2.26. The minimum absolute atomic E-state index is 0.0382. The van der Waals surface area contributed by atoms with Crippen molar-refractivity contribution >= 4 is 5.91 Å². The van der Waals surface area contributed by atoms with Crippen LogP contribution in [0.5, 0.6) is 0 Å². The number of hydrogen-bond donors (Lipinski definition) is 1. The summed E-state index contributed by atoms with van der Waals surface area (Å²) in [4.78, 5) is 26.0. The monoisotopic (exact) mass is 311 g/mol. The molecule has 2 aromatic rings. The fraction of sp³-hybridized carbons (Fsp3) is 0.412. The molecule has 1 fully saturated rings. The average molecular weight is 311 g/mol. The van der Waals surface area contributed by atoms with Crippen molar-refractivity contribution in [2.75, 3.05) is 6.54 Å². The van der Waals surface area contributed by atoms with Gasteiger partial charge in [-0.1, -0.05) is 0 Å². The lowest BCUT2D eigenvalue weighted by atomic mass is 10.0. The molecule has 6 nitrogen and oxygen atoms in total. The van der Waals surface area contributed by atoms with Gasteiger partial charge in [-0.15, -0.1) is 0 Å².